The fraction of sp³-hybridized carbons (Fsp3) is 0.647. The molecule has 1 spiro atoms. The fourth-order valence-electron chi connectivity index (χ4n) is 3.94. The number of likely N-dealkylation sites (N-methyl/N-ethyl adjacent to an activating group) is 1. The summed E-state index contributed by atoms with van der Waals surface area (Å²) in [6.45, 7) is 1.91. The lowest BCUT2D eigenvalue weighted by Crippen LogP contribution is -2.54. The van der Waals surface area contributed by atoms with Gasteiger partial charge in [0, 0.05) is 25.2 Å². The van der Waals surface area contributed by atoms with Crippen molar-refractivity contribution in [2.45, 2.75) is 56.3 Å². The molecule has 1 aromatic rings. The number of nitrogens with two attached hydrogens (primary N) is 1. The van der Waals surface area contributed by atoms with Gasteiger partial charge >= 0.3 is 0 Å². The molecule has 3 heteroatoms. The average molecular weight is 274 g/mol. The molecule has 0 unspecified atom stereocenters. The predicted molar refractivity (Wildman–Crippen MR) is 81.4 cm³/mol. The Morgan fingerprint density at radius 3 is 2.75 bits per heavy atom. The molecule has 2 N–H and O–H groups in total. The predicted octanol–water partition coefficient (Wildman–Crippen LogP) is 2.55. The van der Waals surface area contributed by atoms with Crippen molar-refractivity contribution in [3.05, 3.63) is 35.9 Å². The minimum Gasteiger partial charge on any atom is -0.375 e. The number of nitrogens with zero attached hydrogens (tertiary/aromatic N) is 1. The van der Waals surface area contributed by atoms with E-state index in [9.17, 15) is 0 Å². The Labute approximate surface area is 122 Å². The molecule has 1 heterocycles. The van der Waals surface area contributed by atoms with Crippen LogP contribution in [0.25, 0.3) is 0 Å². The van der Waals surface area contributed by atoms with Crippen molar-refractivity contribution < 1.29 is 4.74 Å². The van der Waals surface area contributed by atoms with Crippen LogP contribution in [-0.2, 0) is 11.3 Å². The Hall–Kier alpha value is -0.900. The summed E-state index contributed by atoms with van der Waals surface area (Å²) in [5, 5.41) is 0. The second kappa shape index (κ2) is 5.84. The molecule has 20 heavy (non-hydrogen) atoms. The summed E-state index contributed by atoms with van der Waals surface area (Å²) in [5.41, 5.74) is 7.94. The van der Waals surface area contributed by atoms with E-state index in [2.05, 4.69) is 42.3 Å². The van der Waals surface area contributed by atoms with E-state index in [-0.39, 0.29) is 11.6 Å². The first kappa shape index (κ1) is 14.1. The molecule has 0 radical (unpaired) electrons. The van der Waals surface area contributed by atoms with E-state index in [0.717, 1.165) is 26.0 Å². The summed E-state index contributed by atoms with van der Waals surface area (Å²) in [6.07, 6.45) is 5.76. The van der Waals surface area contributed by atoms with Crippen LogP contribution in [0.4, 0.5) is 0 Å². The highest BCUT2D eigenvalue weighted by molar-refractivity contribution is 5.14. The Balaban J connectivity index is 1.60. The maximum Gasteiger partial charge on any atom is 0.0699 e. The Bertz CT molecular complexity index is 428. The molecule has 3 nitrogen and oxygen atoms in total. The molecule has 3 atom stereocenters. The van der Waals surface area contributed by atoms with Crippen molar-refractivity contribution in [2.75, 3.05) is 13.7 Å². The molecule has 1 saturated carbocycles. The van der Waals surface area contributed by atoms with Crippen molar-refractivity contribution in [3.63, 3.8) is 0 Å². The molecule has 2 aliphatic rings. The van der Waals surface area contributed by atoms with Gasteiger partial charge in [0.1, 0.15) is 0 Å². The van der Waals surface area contributed by atoms with Gasteiger partial charge in [-0.3, -0.25) is 4.90 Å². The first-order valence-corrected chi connectivity index (χ1v) is 7.82. The Morgan fingerprint density at radius 2 is 2.10 bits per heavy atom. The van der Waals surface area contributed by atoms with Gasteiger partial charge in [-0.15, -0.1) is 0 Å². The molecule has 0 aromatic heterocycles. The molecule has 2 fully saturated rings. The van der Waals surface area contributed by atoms with Crippen molar-refractivity contribution in [3.8, 4) is 0 Å². The van der Waals surface area contributed by atoms with Crippen LogP contribution >= 0.6 is 0 Å². The van der Waals surface area contributed by atoms with E-state index >= 15 is 0 Å². The lowest BCUT2D eigenvalue weighted by atomic mass is 9.77. The fourth-order valence-corrected chi connectivity index (χ4v) is 3.94. The van der Waals surface area contributed by atoms with Crippen LogP contribution in [0.3, 0.4) is 0 Å². The van der Waals surface area contributed by atoms with Crippen molar-refractivity contribution in [1.29, 1.82) is 0 Å². The number of hydrogen-bond acceptors (Lipinski definition) is 3. The molecule has 1 aliphatic heterocycles. The summed E-state index contributed by atoms with van der Waals surface area (Å²) in [7, 11) is 2.20. The van der Waals surface area contributed by atoms with Crippen LogP contribution in [0.15, 0.2) is 30.3 Å². The first-order chi connectivity index (χ1) is 9.69. The molecule has 1 aromatic carbocycles. The zero-order valence-electron chi connectivity index (χ0n) is 12.4. The quantitative estimate of drug-likeness (QED) is 0.920. The Morgan fingerprint density at radius 1 is 1.30 bits per heavy atom. The third-order valence-corrected chi connectivity index (χ3v) is 5.02. The van der Waals surface area contributed by atoms with E-state index in [1.807, 2.05) is 0 Å². The second-order valence-electron chi connectivity index (χ2n) is 6.51. The van der Waals surface area contributed by atoms with E-state index in [1.54, 1.807) is 0 Å². The molecule has 1 aliphatic carbocycles. The van der Waals surface area contributed by atoms with Crippen molar-refractivity contribution in [1.82, 2.24) is 4.90 Å². The van der Waals surface area contributed by atoms with Gasteiger partial charge in [0.25, 0.3) is 0 Å². The van der Waals surface area contributed by atoms with Crippen molar-refractivity contribution >= 4 is 0 Å². The monoisotopic (exact) mass is 274 g/mol. The minimum absolute atomic E-state index is 0.115. The zero-order chi connectivity index (χ0) is 14.0. The van der Waals surface area contributed by atoms with E-state index in [4.69, 9.17) is 10.5 Å². The van der Waals surface area contributed by atoms with E-state index in [1.165, 1.54) is 24.8 Å². The van der Waals surface area contributed by atoms with Crippen LogP contribution in [0, 0.1) is 0 Å². The van der Waals surface area contributed by atoms with Gasteiger partial charge in [-0.1, -0.05) is 30.3 Å². The summed E-state index contributed by atoms with van der Waals surface area (Å²) in [4.78, 5) is 2.42. The van der Waals surface area contributed by atoms with Gasteiger partial charge in [0.2, 0.25) is 0 Å². The SMILES string of the molecule is CN(Cc1ccccc1)[C@H]1CC[C@@]2(CCCO2)C[C@@H]1N. The van der Waals surface area contributed by atoms with Crippen LogP contribution < -0.4 is 5.73 Å². The van der Waals surface area contributed by atoms with Crippen LogP contribution in [-0.4, -0.2) is 36.2 Å². The normalized spacial score (nSPS) is 34.0. The third-order valence-electron chi connectivity index (χ3n) is 5.02. The lowest BCUT2D eigenvalue weighted by molar-refractivity contribution is -0.0478. The van der Waals surface area contributed by atoms with Gasteiger partial charge in [0.15, 0.2) is 0 Å². The number of rotatable bonds is 3. The minimum atomic E-state index is 0.115. The zero-order valence-corrected chi connectivity index (χ0v) is 12.4. The Kier molecular flexibility index (Phi) is 4.11. The molecule has 1 saturated heterocycles. The van der Waals surface area contributed by atoms with Gasteiger partial charge in [-0.2, -0.15) is 0 Å². The van der Waals surface area contributed by atoms with E-state index in [0.29, 0.717) is 6.04 Å². The summed E-state index contributed by atoms with van der Waals surface area (Å²) >= 11 is 0. The second-order valence-corrected chi connectivity index (χ2v) is 6.51. The third kappa shape index (κ3) is 2.90. The van der Waals surface area contributed by atoms with E-state index < -0.39 is 0 Å². The maximum absolute atomic E-state index is 6.47. The van der Waals surface area contributed by atoms with Gasteiger partial charge in [0.05, 0.1) is 5.60 Å². The smallest absolute Gasteiger partial charge is 0.0699 e. The highest BCUT2D eigenvalue weighted by atomic mass is 16.5. The van der Waals surface area contributed by atoms with Gasteiger partial charge in [-0.05, 0) is 44.7 Å². The number of ether oxygens (including phenoxy) is 1. The molecular weight excluding hydrogens is 248 g/mol. The van der Waals surface area contributed by atoms with Crippen LogP contribution in [0.5, 0.6) is 0 Å². The molecule has 0 amide bonds. The van der Waals surface area contributed by atoms with Crippen molar-refractivity contribution in [2.24, 2.45) is 5.73 Å². The van der Waals surface area contributed by atoms with Gasteiger partial charge in [-0.25, -0.2) is 0 Å². The highest BCUT2D eigenvalue weighted by Crippen LogP contribution is 2.40. The molecule has 3 rings (SSSR count). The molecule has 0 bridgehead atoms. The average Bonchev–Trinajstić information content (AvgIpc) is 2.88. The summed E-state index contributed by atoms with van der Waals surface area (Å²) in [6, 6.07) is 11.4. The van der Waals surface area contributed by atoms with Crippen LogP contribution in [0.2, 0.25) is 0 Å². The lowest BCUT2D eigenvalue weighted by Gasteiger charge is -2.44. The molecular formula is C17H26N2O. The van der Waals surface area contributed by atoms with Crippen LogP contribution in [0.1, 0.15) is 37.7 Å². The standard InChI is InChI=1S/C17H26N2O/c1-19(13-14-6-3-2-4-7-14)16-8-10-17(12-15(16)18)9-5-11-20-17/h2-4,6-7,15-16H,5,8-13,18H2,1H3/t15-,16-,17-/m0/s1. The number of benzene rings is 1. The largest absolute Gasteiger partial charge is 0.375 e. The maximum atomic E-state index is 6.47. The summed E-state index contributed by atoms with van der Waals surface area (Å²) < 4.78 is 6.00. The molecule has 110 valence electrons. The highest BCUT2D eigenvalue weighted by Gasteiger charge is 2.43. The topological polar surface area (TPSA) is 38.5 Å². The summed E-state index contributed by atoms with van der Waals surface area (Å²) in [5.74, 6) is 0. The number of hydrogen-bond donors (Lipinski definition) is 1. The van der Waals surface area contributed by atoms with Gasteiger partial charge < -0.3 is 10.5 Å². The first-order valence-electron chi connectivity index (χ1n) is 7.82.